The van der Waals surface area contributed by atoms with Gasteiger partial charge in [-0.15, -0.1) is 0 Å². The lowest BCUT2D eigenvalue weighted by molar-refractivity contribution is -0.384. The van der Waals surface area contributed by atoms with Crippen LogP contribution < -0.4 is 0 Å². The van der Waals surface area contributed by atoms with Gasteiger partial charge in [-0.3, -0.25) is 14.9 Å². The van der Waals surface area contributed by atoms with Crippen LogP contribution in [-0.4, -0.2) is 26.8 Å². The van der Waals surface area contributed by atoms with Crippen LogP contribution in [0.1, 0.15) is 24.2 Å². The summed E-state index contributed by atoms with van der Waals surface area (Å²) in [5, 5.41) is 10.6. The van der Waals surface area contributed by atoms with Crippen LogP contribution in [0.3, 0.4) is 0 Å². The van der Waals surface area contributed by atoms with Gasteiger partial charge in [0.15, 0.2) is 0 Å². The Kier molecular flexibility index (Phi) is 3.66. The number of non-ortho nitro benzene ring substituents is 1. The van der Waals surface area contributed by atoms with Crippen LogP contribution in [0.4, 0.5) is 5.69 Å². The van der Waals surface area contributed by atoms with Crippen molar-refractivity contribution in [1.82, 2.24) is 9.47 Å². The predicted octanol–water partition coefficient (Wildman–Crippen LogP) is 2.54. The van der Waals surface area contributed by atoms with Gasteiger partial charge in [0.1, 0.15) is 0 Å². The van der Waals surface area contributed by atoms with Crippen LogP contribution in [0.15, 0.2) is 42.6 Å². The number of amides is 1. The maximum Gasteiger partial charge on any atom is 0.269 e. The van der Waals surface area contributed by atoms with Crippen LogP contribution in [0.5, 0.6) is 0 Å². The highest BCUT2D eigenvalue weighted by Crippen LogP contribution is 2.26. The summed E-state index contributed by atoms with van der Waals surface area (Å²) in [4.78, 5) is 24.6. The number of carbonyl (C=O) groups is 1. The minimum atomic E-state index is -0.438. The van der Waals surface area contributed by atoms with E-state index in [1.54, 1.807) is 12.1 Å². The Morgan fingerprint density at radius 3 is 2.68 bits per heavy atom. The number of nitro benzene ring substituents is 1. The van der Waals surface area contributed by atoms with E-state index in [1.165, 1.54) is 12.1 Å². The van der Waals surface area contributed by atoms with E-state index in [2.05, 4.69) is 4.57 Å². The van der Waals surface area contributed by atoms with Gasteiger partial charge in [-0.25, -0.2) is 0 Å². The zero-order chi connectivity index (χ0) is 15.7. The molecular formula is C16H17N3O3. The molecule has 0 bridgehead atoms. The second kappa shape index (κ2) is 5.63. The SMILES string of the molecule is CC1c2cccn2CCN1C(=O)Cc1ccc([N+](=O)[O-])cc1. The van der Waals surface area contributed by atoms with Crippen LogP contribution in [0.25, 0.3) is 0 Å². The Morgan fingerprint density at radius 1 is 1.27 bits per heavy atom. The molecule has 114 valence electrons. The highest BCUT2D eigenvalue weighted by molar-refractivity contribution is 5.79. The molecule has 0 aliphatic carbocycles. The summed E-state index contributed by atoms with van der Waals surface area (Å²) in [6.45, 7) is 3.52. The number of aromatic nitrogens is 1. The molecule has 2 aromatic rings. The van der Waals surface area contributed by atoms with Crippen molar-refractivity contribution in [3.8, 4) is 0 Å². The fourth-order valence-electron chi connectivity index (χ4n) is 2.93. The van der Waals surface area contributed by atoms with Gasteiger partial charge in [0.05, 0.1) is 17.4 Å². The fraction of sp³-hybridized carbons (Fsp3) is 0.312. The van der Waals surface area contributed by atoms with E-state index in [4.69, 9.17) is 0 Å². The molecule has 6 nitrogen and oxygen atoms in total. The lowest BCUT2D eigenvalue weighted by Crippen LogP contribution is -2.41. The first-order valence-corrected chi connectivity index (χ1v) is 7.24. The highest BCUT2D eigenvalue weighted by atomic mass is 16.6. The smallest absolute Gasteiger partial charge is 0.269 e. The monoisotopic (exact) mass is 299 g/mol. The number of fused-ring (bicyclic) bond motifs is 1. The molecular weight excluding hydrogens is 282 g/mol. The van der Waals surface area contributed by atoms with Crippen molar-refractivity contribution in [2.45, 2.75) is 25.9 Å². The quantitative estimate of drug-likeness (QED) is 0.646. The van der Waals surface area contributed by atoms with E-state index in [9.17, 15) is 14.9 Å². The maximum absolute atomic E-state index is 12.5. The third kappa shape index (κ3) is 2.59. The van der Waals surface area contributed by atoms with Gasteiger partial charge in [0.25, 0.3) is 5.69 Å². The standard InChI is InChI=1S/C16H17N3O3/c1-12-15-3-2-8-17(15)9-10-18(12)16(20)11-13-4-6-14(7-5-13)19(21)22/h2-8,12H,9-11H2,1H3. The average Bonchev–Trinajstić information content (AvgIpc) is 2.97. The molecule has 1 aliphatic rings. The van der Waals surface area contributed by atoms with E-state index in [1.807, 2.05) is 30.2 Å². The molecule has 3 rings (SSSR count). The molecule has 22 heavy (non-hydrogen) atoms. The minimum absolute atomic E-state index is 0.0420. The molecule has 0 radical (unpaired) electrons. The Labute approximate surface area is 128 Å². The summed E-state index contributed by atoms with van der Waals surface area (Å²) in [5.74, 6) is 0.0498. The van der Waals surface area contributed by atoms with E-state index in [0.29, 0.717) is 6.54 Å². The summed E-state index contributed by atoms with van der Waals surface area (Å²) in [6, 6.07) is 10.3. The molecule has 1 unspecified atom stereocenters. The van der Waals surface area contributed by atoms with Crippen molar-refractivity contribution in [2.75, 3.05) is 6.54 Å². The number of benzene rings is 1. The molecule has 0 fully saturated rings. The Balaban J connectivity index is 1.71. The van der Waals surface area contributed by atoms with Crippen LogP contribution in [0, 0.1) is 10.1 Å². The Bertz CT molecular complexity index is 706. The average molecular weight is 299 g/mol. The van der Waals surface area contributed by atoms with Gasteiger partial charge in [0, 0.05) is 37.1 Å². The van der Waals surface area contributed by atoms with Gasteiger partial charge in [0.2, 0.25) is 5.91 Å². The highest BCUT2D eigenvalue weighted by Gasteiger charge is 2.27. The van der Waals surface area contributed by atoms with Crippen molar-refractivity contribution >= 4 is 11.6 Å². The molecule has 1 atom stereocenters. The number of hydrogen-bond donors (Lipinski definition) is 0. The lowest BCUT2D eigenvalue weighted by Gasteiger charge is -2.35. The first kappa shape index (κ1) is 14.3. The number of nitro groups is 1. The van der Waals surface area contributed by atoms with Crippen LogP contribution in [-0.2, 0) is 17.8 Å². The van der Waals surface area contributed by atoms with E-state index >= 15 is 0 Å². The largest absolute Gasteiger partial charge is 0.348 e. The summed E-state index contributed by atoms with van der Waals surface area (Å²) in [7, 11) is 0. The first-order valence-electron chi connectivity index (χ1n) is 7.24. The summed E-state index contributed by atoms with van der Waals surface area (Å²) < 4.78 is 2.17. The van der Waals surface area contributed by atoms with Crippen molar-refractivity contribution < 1.29 is 9.72 Å². The number of nitrogens with zero attached hydrogens (tertiary/aromatic N) is 3. The molecule has 2 heterocycles. The summed E-state index contributed by atoms with van der Waals surface area (Å²) in [6.07, 6.45) is 2.30. The second-order valence-corrected chi connectivity index (χ2v) is 5.49. The molecule has 0 N–H and O–H groups in total. The van der Waals surface area contributed by atoms with Crippen LogP contribution in [0.2, 0.25) is 0 Å². The van der Waals surface area contributed by atoms with Crippen molar-refractivity contribution in [3.63, 3.8) is 0 Å². The summed E-state index contributed by atoms with van der Waals surface area (Å²) >= 11 is 0. The molecule has 0 spiro atoms. The molecule has 6 heteroatoms. The second-order valence-electron chi connectivity index (χ2n) is 5.49. The third-order valence-corrected chi connectivity index (χ3v) is 4.16. The molecule has 1 aromatic carbocycles. The number of rotatable bonds is 3. The van der Waals surface area contributed by atoms with E-state index in [-0.39, 0.29) is 24.1 Å². The maximum atomic E-state index is 12.5. The van der Waals surface area contributed by atoms with Crippen LogP contribution >= 0.6 is 0 Å². The first-order chi connectivity index (χ1) is 10.6. The molecule has 1 amide bonds. The van der Waals surface area contributed by atoms with Gasteiger partial charge in [-0.1, -0.05) is 12.1 Å². The third-order valence-electron chi connectivity index (χ3n) is 4.16. The van der Waals surface area contributed by atoms with Gasteiger partial charge < -0.3 is 9.47 Å². The molecule has 1 aliphatic heterocycles. The van der Waals surface area contributed by atoms with Crippen molar-refractivity contribution in [2.24, 2.45) is 0 Å². The number of hydrogen-bond acceptors (Lipinski definition) is 3. The molecule has 0 saturated carbocycles. The number of carbonyl (C=O) groups excluding carboxylic acids is 1. The van der Waals surface area contributed by atoms with Gasteiger partial charge >= 0.3 is 0 Å². The Hall–Kier alpha value is -2.63. The topological polar surface area (TPSA) is 68.4 Å². The minimum Gasteiger partial charge on any atom is -0.348 e. The normalized spacial score (nSPS) is 17.1. The van der Waals surface area contributed by atoms with Gasteiger partial charge in [-0.2, -0.15) is 0 Å². The van der Waals surface area contributed by atoms with Crippen molar-refractivity contribution in [3.05, 3.63) is 64.0 Å². The van der Waals surface area contributed by atoms with Gasteiger partial charge in [-0.05, 0) is 24.6 Å². The summed E-state index contributed by atoms with van der Waals surface area (Å²) in [5.41, 5.74) is 1.98. The lowest BCUT2D eigenvalue weighted by atomic mass is 10.1. The zero-order valence-corrected chi connectivity index (χ0v) is 12.3. The van der Waals surface area contributed by atoms with E-state index in [0.717, 1.165) is 17.8 Å². The molecule has 1 aromatic heterocycles. The predicted molar refractivity (Wildman–Crippen MR) is 81.4 cm³/mol. The molecule has 0 saturated heterocycles. The zero-order valence-electron chi connectivity index (χ0n) is 12.3. The Morgan fingerprint density at radius 2 is 2.00 bits per heavy atom. The van der Waals surface area contributed by atoms with Crippen molar-refractivity contribution in [1.29, 1.82) is 0 Å². The fourth-order valence-corrected chi connectivity index (χ4v) is 2.93. The van der Waals surface area contributed by atoms with E-state index < -0.39 is 4.92 Å².